The molecule has 0 unspecified atom stereocenters. The first kappa shape index (κ1) is 21.6. The summed E-state index contributed by atoms with van der Waals surface area (Å²) in [5.41, 5.74) is 1.86. The van der Waals surface area contributed by atoms with Crippen LogP contribution < -0.4 is 4.31 Å². The number of H-pyrrole nitrogens is 1. The summed E-state index contributed by atoms with van der Waals surface area (Å²) in [6.45, 7) is 1.76. The highest BCUT2D eigenvalue weighted by Gasteiger charge is 2.32. The number of aromatic nitrogens is 2. The van der Waals surface area contributed by atoms with Gasteiger partial charge in [-0.25, -0.2) is 4.98 Å². The number of unbranched alkanes of at least 4 members (excludes halogenated alkanes) is 1. The fourth-order valence-electron chi connectivity index (χ4n) is 3.47. The molecule has 0 aliphatic heterocycles. The maximum Gasteiger partial charge on any atom is 0.389 e. The van der Waals surface area contributed by atoms with Gasteiger partial charge in [-0.05, 0) is 48.9 Å². The second kappa shape index (κ2) is 8.16. The highest BCUT2D eigenvalue weighted by Crippen LogP contribution is 2.40. The molecule has 0 aliphatic rings. The van der Waals surface area contributed by atoms with Crippen LogP contribution in [0.4, 0.5) is 18.2 Å². The monoisotopic (exact) mass is 467 g/mol. The summed E-state index contributed by atoms with van der Waals surface area (Å²) in [4.78, 5) is 7.06. The van der Waals surface area contributed by atoms with Gasteiger partial charge < -0.3 is 4.98 Å². The minimum absolute atomic E-state index is 0.0663. The van der Waals surface area contributed by atoms with Gasteiger partial charge >= 0.3 is 6.18 Å². The lowest BCUT2D eigenvalue weighted by Gasteiger charge is -2.22. The van der Waals surface area contributed by atoms with E-state index in [4.69, 9.17) is 0 Å². The minimum atomic E-state index is -4.27. The third-order valence-corrected chi connectivity index (χ3v) is 8.06. The highest BCUT2D eigenvalue weighted by molar-refractivity contribution is 7.92. The number of rotatable bonds is 7. The van der Waals surface area contributed by atoms with Crippen LogP contribution in [-0.2, 0) is 10.0 Å². The molecule has 0 aliphatic carbocycles. The largest absolute Gasteiger partial charge is 0.389 e. The topological polar surface area (TPSA) is 66.1 Å². The van der Waals surface area contributed by atoms with Crippen LogP contribution in [-0.4, -0.2) is 31.1 Å². The van der Waals surface area contributed by atoms with E-state index in [0.717, 1.165) is 15.6 Å². The number of imidazole rings is 1. The van der Waals surface area contributed by atoms with Crippen molar-refractivity contribution in [3.8, 4) is 0 Å². The van der Waals surface area contributed by atoms with Crippen LogP contribution in [0.2, 0.25) is 0 Å². The molecule has 4 rings (SSSR count). The van der Waals surface area contributed by atoms with Crippen molar-refractivity contribution in [2.45, 2.75) is 37.5 Å². The number of benzene rings is 2. The molecule has 5 nitrogen and oxygen atoms in total. The zero-order valence-corrected chi connectivity index (χ0v) is 18.2. The molecule has 2 aromatic heterocycles. The molecule has 0 amide bonds. The van der Waals surface area contributed by atoms with E-state index >= 15 is 0 Å². The Labute approximate surface area is 181 Å². The number of halogens is 3. The number of alkyl halides is 3. The summed E-state index contributed by atoms with van der Waals surface area (Å²) in [5, 5.41) is 1.19. The van der Waals surface area contributed by atoms with Gasteiger partial charge in [-0.3, -0.25) is 4.31 Å². The van der Waals surface area contributed by atoms with Gasteiger partial charge in [-0.2, -0.15) is 21.6 Å². The highest BCUT2D eigenvalue weighted by atomic mass is 32.2. The second-order valence-electron chi connectivity index (χ2n) is 7.24. The van der Waals surface area contributed by atoms with Gasteiger partial charge in [-0.15, -0.1) is 11.3 Å². The molecule has 10 heteroatoms. The van der Waals surface area contributed by atoms with Gasteiger partial charge in [0.05, 0.1) is 11.0 Å². The maximum absolute atomic E-state index is 13.5. The zero-order valence-electron chi connectivity index (χ0n) is 16.6. The molecule has 0 radical (unpaired) electrons. The van der Waals surface area contributed by atoms with Crippen molar-refractivity contribution in [3.63, 3.8) is 0 Å². The van der Waals surface area contributed by atoms with E-state index in [-0.39, 0.29) is 24.5 Å². The van der Waals surface area contributed by atoms with Crippen LogP contribution in [0.15, 0.2) is 53.7 Å². The van der Waals surface area contributed by atoms with Crippen LogP contribution in [0, 0.1) is 6.92 Å². The number of thiophene rings is 1. The van der Waals surface area contributed by atoms with E-state index < -0.39 is 22.6 Å². The minimum Gasteiger partial charge on any atom is -0.327 e. The summed E-state index contributed by atoms with van der Waals surface area (Å²) in [6, 6.07) is 14.5. The molecule has 0 saturated carbocycles. The van der Waals surface area contributed by atoms with Crippen molar-refractivity contribution < 1.29 is 21.6 Å². The van der Waals surface area contributed by atoms with Gasteiger partial charge in [-0.1, -0.05) is 30.3 Å². The van der Waals surface area contributed by atoms with Gasteiger partial charge in [0.25, 0.3) is 10.0 Å². The Bertz CT molecular complexity index is 1290. The summed E-state index contributed by atoms with van der Waals surface area (Å²) in [5.74, 6) is 0. The number of anilines is 1. The number of sulfonamides is 1. The van der Waals surface area contributed by atoms with Crippen LogP contribution >= 0.6 is 11.3 Å². The van der Waals surface area contributed by atoms with Crippen LogP contribution in [0.1, 0.15) is 24.8 Å². The molecule has 31 heavy (non-hydrogen) atoms. The first-order valence-corrected chi connectivity index (χ1v) is 11.9. The average Bonchev–Trinajstić information content (AvgIpc) is 3.29. The van der Waals surface area contributed by atoms with Crippen molar-refractivity contribution in [1.29, 1.82) is 0 Å². The Balaban J connectivity index is 1.74. The predicted molar refractivity (Wildman–Crippen MR) is 117 cm³/mol. The molecular weight excluding hydrogens is 447 g/mol. The maximum atomic E-state index is 13.5. The van der Waals surface area contributed by atoms with Gasteiger partial charge in [0.1, 0.15) is 5.00 Å². The third-order valence-electron chi connectivity index (χ3n) is 5.02. The fourth-order valence-corrected chi connectivity index (χ4v) is 6.40. The molecule has 0 saturated heterocycles. The standard InChI is InChI=1S/C21H20F3N3O2S2/c1-14-15-8-2-5-11-18(15)30-19(14)27(13-7-6-12-21(22,23)24)31(28,29)20-25-16-9-3-4-10-17(16)26-20/h2-5,8-11H,6-7,12-13H2,1H3,(H,25,26). The van der Waals surface area contributed by atoms with Crippen molar-refractivity contribution in [2.75, 3.05) is 10.8 Å². The summed E-state index contributed by atoms with van der Waals surface area (Å²) < 4.78 is 66.9. The lowest BCUT2D eigenvalue weighted by Crippen LogP contribution is -2.32. The normalized spacial score (nSPS) is 12.6. The number of hydrogen-bond donors (Lipinski definition) is 1. The molecule has 1 N–H and O–H groups in total. The number of nitrogens with one attached hydrogen (secondary N) is 1. The first-order chi connectivity index (χ1) is 14.7. The van der Waals surface area contributed by atoms with Gasteiger partial charge in [0.2, 0.25) is 5.16 Å². The Morgan fingerprint density at radius 1 is 1.06 bits per heavy atom. The van der Waals surface area contributed by atoms with Crippen molar-refractivity contribution >= 4 is 47.5 Å². The van der Waals surface area contributed by atoms with Crippen LogP contribution in [0.5, 0.6) is 0 Å². The Morgan fingerprint density at radius 2 is 1.77 bits per heavy atom. The summed E-state index contributed by atoms with van der Waals surface area (Å²) in [6.07, 6.45) is -5.29. The molecule has 2 heterocycles. The molecule has 0 bridgehead atoms. The Hall–Kier alpha value is -2.59. The Morgan fingerprint density at radius 3 is 2.48 bits per heavy atom. The molecule has 4 aromatic rings. The lowest BCUT2D eigenvalue weighted by atomic mass is 10.2. The lowest BCUT2D eigenvalue weighted by molar-refractivity contribution is -0.135. The fraction of sp³-hybridized carbons (Fsp3) is 0.286. The number of aromatic amines is 1. The van der Waals surface area contributed by atoms with E-state index in [0.29, 0.717) is 16.0 Å². The smallest absolute Gasteiger partial charge is 0.327 e. The Kier molecular flexibility index (Phi) is 5.69. The number of nitrogens with zero attached hydrogens (tertiary/aromatic N) is 2. The van der Waals surface area contributed by atoms with E-state index in [1.54, 1.807) is 24.3 Å². The third kappa shape index (κ3) is 4.40. The number of aryl methyl sites for hydroxylation is 1. The van der Waals surface area contributed by atoms with Crippen LogP contribution in [0.3, 0.4) is 0 Å². The molecule has 164 valence electrons. The van der Waals surface area contributed by atoms with Crippen LogP contribution in [0.25, 0.3) is 21.1 Å². The number of para-hydroxylation sites is 2. The van der Waals surface area contributed by atoms with Gasteiger partial charge in [0.15, 0.2) is 0 Å². The SMILES string of the molecule is Cc1c(N(CCCCC(F)(F)F)S(=O)(=O)c2nc3ccccc3[nH]2)sc2ccccc12. The number of hydrogen-bond acceptors (Lipinski definition) is 4. The van der Waals surface area contributed by atoms with Crippen molar-refractivity contribution in [3.05, 3.63) is 54.1 Å². The summed E-state index contributed by atoms with van der Waals surface area (Å²) >= 11 is 1.31. The van der Waals surface area contributed by atoms with Gasteiger partial charge in [0, 0.05) is 17.7 Å². The second-order valence-corrected chi connectivity index (χ2v) is 10.0. The van der Waals surface area contributed by atoms with Crippen molar-refractivity contribution in [2.24, 2.45) is 0 Å². The van der Waals surface area contributed by atoms with Crippen molar-refractivity contribution in [1.82, 2.24) is 9.97 Å². The molecule has 0 fully saturated rings. The summed E-state index contributed by atoms with van der Waals surface area (Å²) in [7, 11) is -4.11. The number of fused-ring (bicyclic) bond motifs is 2. The van der Waals surface area contributed by atoms with E-state index in [1.165, 1.54) is 15.6 Å². The zero-order chi connectivity index (χ0) is 22.2. The average molecular weight is 468 g/mol. The first-order valence-electron chi connectivity index (χ1n) is 9.69. The van der Waals surface area contributed by atoms with E-state index in [9.17, 15) is 21.6 Å². The molecule has 2 aromatic carbocycles. The molecule has 0 atom stereocenters. The molecule has 0 spiro atoms. The van der Waals surface area contributed by atoms with E-state index in [1.807, 2.05) is 31.2 Å². The predicted octanol–water partition coefficient (Wildman–Crippen LogP) is 6.01. The van der Waals surface area contributed by atoms with E-state index in [2.05, 4.69) is 9.97 Å². The molecular formula is C21H20F3N3O2S2. The quantitative estimate of drug-likeness (QED) is 0.338.